The highest BCUT2D eigenvalue weighted by molar-refractivity contribution is 5.85. The molecule has 0 saturated heterocycles. The number of ether oxygens (including phenoxy) is 1. The molecule has 2 unspecified atom stereocenters. The first-order valence-electron chi connectivity index (χ1n) is 6.17. The lowest BCUT2D eigenvalue weighted by Gasteiger charge is -2.15. The van der Waals surface area contributed by atoms with Crippen LogP contribution in [0.5, 0.6) is 5.75 Å². The summed E-state index contributed by atoms with van der Waals surface area (Å²) in [7, 11) is 3.51. The number of hydrogen-bond donors (Lipinski definition) is 2. The Hall–Kier alpha value is -1.26. The highest BCUT2D eigenvalue weighted by Crippen LogP contribution is 2.19. The smallest absolute Gasteiger partial charge is 0.227 e. The molecule has 1 aromatic carbocycles. The van der Waals surface area contributed by atoms with Crippen molar-refractivity contribution in [3.63, 3.8) is 0 Å². The van der Waals surface area contributed by atoms with Gasteiger partial charge in [0.05, 0.1) is 13.0 Å². The van der Waals surface area contributed by atoms with Gasteiger partial charge in [0.2, 0.25) is 5.91 Å². The molecule has 0 heterocycles. The summed E-state index contributed by atoms with van der Waals surface area (Å²) in [6, 6.07) is 7.86. The van der Waals surface area contributed by atoms with Crippen LogP contribution in [0.25, 0.3) is 0 Å². The molecule has 0 aliphatic heterocycles. The maximum absolute atomic E-state index is 11.9. The number of carbonyl (C=O) groups is 1. The van der Waals surface area contributed by atoms with Crippen LogP contribution < -0.4 is 15.4 Å². The number of carbonyl (C=O) groups excluding carboxylic acids is 1. The van der Waals surface area contributed by atoms with Crippen LogP contribution in [0.4, 0.5) is 0 Å². The maximum Gasteiger partial charge on any atom is 0.227 e. The van der Waals surface area contributed by atoms with Crippen LogP contribution in [-0.4, -0.2) is 32.7 Å². The molecule has 0 spiro atoms. The fraction of sp³-hybridized carbons (Fsp3) is 0.500. The van der Waals surface area contributed by atoms with Gasteiger partial charge in [0, 0.05) is 12.6 Å². The van der Waals surface area contributed by atoms with Crippen LogP contribution >= 0.6 is 12.4 Å². The van der Waals surface area contributed by atoms with E-state index in [-0.39, 0.29) is 30.3 Å². The zero-order valence-corrected chi connectivity index (χ0v) is 12.7. The number of rotatable bonds is 6. The average Bonchev–Trinajstić information content (AvgIpc) is 2.43. The van der Waals surface area contributed by atoms with Gasteiger partial charge in [0.25, 0.3) is 0 Å². The minimum Gasteiger partial charge on any atom is -0.497 e. The fourth-order valence-electron chi connectivity index (χ4n) is 1.55. The Balaban J connectivity index is 0.00000324. The summed E-state index contributed by atoms with van der Waals surface area (Å²) in [5.74, 6) is 0.692. The molecule has 2 atom stereocenters. The van der Waals surface area contributed by atoms with Crippen molar-refractivity contribution in [1.29, 1.82) is 0 Å². The Kier molecular flexibility index (Phi) is 8.19. The molecule has 0 saturated carbocycles. The summed E-state index contributed by atoms with van der Waals surface area (Å²) < 4.78 is 5.09. The predicted octanol–water partition coefficient (Wildman–Crippen LogP) is 1.94. The van der Waals surface area contributed by atoms with Gasteiger partial charge in [-0.25, -0.2) is 0 Å². The van der Waals surface area contributed by atoms with Gasteiger partial charge in [-0.05, 0) is 38.6 Å². The fourth-order valence-corrected chi connectivity index (χ4v) is 1.55. The second-order valence-corrected chi connectivity index (χ2v) is 4.43. The standard InChI is InChI=1S/C14H22N2O2.ClH/c1-10(15-3)9-16-14(17)11(2)12-5-7-13(18-4)8-6-12;/h5-8,10-11,15H,9H2,1-4H3,(H,16,17);1H. The van der Waals surface area contributed by atoms with Gasteiger partial charge in [-0.2, -0.15) is 0 Å². The Morgan fingerprint density at radius 2 is 1.84 bits per heavy atom. The third kappa shape index (κ3) is 5.49. The lowest BCUT2D eigenvalue weighted by Crippen LogP contribution is -2.38. The van der Waals surface area contributed by atoms with Crippen molar-refractivity contribution >= 4 is 18.3 Å². The van der Waals surface area contributed by atoms with Crippen molar-refractivity contribution in [2.45, 2.75) is 25.8 Å². The average molecular weight is 287 g/mol. The van der Waals surface area contributed by atoms with E-state index in [2.05, 4.69) is 10.6 Å². The first-order valence-corrected chi connectivity index (χ1v) is 6.17. The van der Waals surface area contributed by atoms with Crippen LogP contribution in [0.1, 0.15) is 25.3 Å². The second-order valence-electron chi connectivity index (χ2n) is 4.43. The molecule has 5 heteroatoms. The van der Waals surface area contributed by atoms with Gasteiger partial charge in [-0.15, -0.1) is 12.4 Å². The minimum atomic E-state index is -0.153. The van der Waals surface area contributed by atoms with E-state index in [4.69, 9.17) is 4.74 Å². The van der Waals surface area contributed by atoms with Crippen LogP contribution in [0.15, 0.2) is 24.3 Å². The van der Waals surface area contributed by atoms with E-state index in [9.17, 15) is 4.79 Å². The molecule has 0 radical (unpaired) electrons. The molecule has 4 nitrogen and oxygen atoms in total. The second kappa shape index (κ2) is 8.77. The molecule has 2 N–H and O–H groups in total. The normalized spacial score (nSPS) is 13.1. The number of likely N-dealkylation sites (N-methyl/N-ethyl adjacent to an activating group) is 1. The maximum atomic E-state index is 11.9. The zero-order valence-electron chi connectivity index (χ0n) is 11.9. The quantitative estimate of drug-likeness (QED) is 0.840. The first-order chi connectivity index (χ1) is 8.58. The number of benzene rings is 1. The van der Waals surface area contributed by atoms with Crippen molar-refractivity contribution in [3.8, 4) is 5.75 Å². The molecular formula is C14H23ClN2O2. The van der Waals surface area contributed by atoms with Crippen molar-refractivity contribution in [1.82, 2.24) is 10.6 Å². The summed E-state index contributed by atoms with van der Waals surface area (Å²) in [6.07, 6.45) is 0. The minimum absolute atomic E-state index is 0. The molecule has 0 aliphatic rings. The van der Waals surface area contributed by atoms with Crippen LogP contribution in [-0.2, 0) is 4.79 Å². The molecule has 0 aliphatic carbocycles. The summed E-state index contributed by atoms with van der Waals surface area (Å²) in [5.41, 5.74) is 0.991. The van der Waals surface area contributed by atoms with Gasteiger partial charge in [0.1, 0.15) is 5.75 Å². The largest absolute Gasteiger partial charge is 0.497 e. The van der Waals surface area contributed by atoms with E-state index >= 15 is 0 Å². The topological polar surface area (TPSA) is 50.4 Å². The summed E-state index contributed by atoms with van der Waals surface area (Å²) in [4.78, 5) is 11.9. The van der Waals surface area contributed by atoms with E-state index in [1.165, 1.54) is 0 Å². The Morgan fingerprint density at radius 3 is 2.32 bits per heavy atom. The number of halogens is 1. The van der Waals surface area contributed by atoms with Crippen LogP contribution in [0, 0.1) is 0 Å². The third-order valence-corrected chi connectivity index (χ3v) is 3.08. The molecule has 108 valence electrons. The van der Waals surface area contributed by atoms with Crippen molar-refractivity contribution in [2.75, 3.05) is 20.7 Å². The van der Waals surface area contributed by atoms with Gasteiger partial charge in [-0.3, -0.25) is 4.79 Å². The molecule has 0 aromatic heterocycles. The monoisotopic (exact) mass is 286 g/mol. The summed E-state index contributed by atoms with van der Waals surface area (Å²) >= 11 is 0. The van der Waals surface area contributed by atoms with Gasteiger partial charge < -0.3 is 15.4 Å². The highest BCUT2D eigenvalue weighted by atomic mass is 35.5. The molecular weight excluding hydrogens is 264 g/mol. The molecule has 1 rings (SSSR count). The zero-order chi connectivity index (χ0) is 13.5. The van der Waals surface area contributed by atoms with Crippen molar-refractivity contribution < 1.29 is 9.53 Å². The summed E-state index contributed by atoms with van der Waals surface area (Å²) in [6.45, 7) is 4.56. The third-order valence-electron chi connectivity index (χ3n) is 3.08. The molecule has 0 bridgehead atoms. The Labute approximate surface area is 121 Å². The van der Waals surface area contributed by atoms with Gasteiger partial charge in [0.15, 0.2) is 0 Å². The molecule has 1 aromatic rings. The van der Waals surface area contributed by atoms with E-state index < -0.39 is 0 Å². The number of nitrogens with one attached hydrogen (secondary N) is 2. The lowest BCUT2D eigenvalue weighted by molar-refractivity contribution is -0.122. The number of amides is 1. The van der Waals surface area contributed by atoms with E-state index in [0.29, 0.717) is 6.54 Å². The van der Waals surface area contributed by atoms with Gasteiger partial charge in [-0.1, -0.05) is 12.1 Å². The van der Waals surface area contributed by atoms with Crippen molar-refractivity contribution in [2.24, 2.45) is 0 Å². The molecule has 19 heavy (non-hydrogen) atoms. The predicted molar refractivity (Wildman–Crippen MR) is 80.2 cm³/mol. The highest BCUT2D eigenvalue weighted by Gasteiger charge is 2.15. The molecule has 1 amide bonds. The molecule has 0 fully saturated rings. The Bertz CT molecular complexity index is 382. The van der Waals surface area contributed by atoms with E-state index in [1.54, 1.807) is 7.11 Å². The van der Waals surface area contributed by atoms with Crippen LogP contribution in [0.2, 0.25) is 0 Å². The van der Waals surface area contributed by atoms with Crippen molar-refractivity contribution in [3.05, 3.63) is 29.8 Å². The summed E-state index contributed by atoms with van der Waals surface area (Å²) in [5, 5.41) is 6.01. The van der Waals surface area contributed by atoms with Crippen LogP contribution in [0.3, 0.4) is 0 Å². The van der Waals surface area contributed by atoms with E-state index in [1.807, 2.05) is 45.2 Å². The SMILES string of the molecule is CNC(C)CNC(=O)C(C)c1ccc(OC)cc1.Cl. The van der Waals surface area contributed by atoms with E-state index in [0.717, 1.165) is 11.3 Å². The Morgan fingerprint density at radius 1 is 1.26 bits per heavy atom. The number of methoxy groups -OCH3 is 1. The van der Waals surface area contributed by atoms with Gasteiger partial charge >= 0.3 is 0 Å². The lowest BCUT2D eigenvalue weighted by atomic mass is 10.0. The number of hydrogen-bond acceptors (Lipinski definition) is 3. The first kappa shape index (κ1) is 17.7.